The van der Waals surface area contributed by atoms with Crippen molar-refractivity contribution in [3.63, 3.8) is 0 Å². The van der Waals surface area contributed by atoms with Crippen molar-refractivity contribution in [2.24, 2.45) is 0 Å². The molecule has 1 aliphatic heterocycles. The van der Waals surface area contributed by atoms with Crippen molar-refractivity contribution in [2.75, 3.05) is 18.0 Å². The average molecular weight is 277 g/mol. The van der Waals surface area contributed by atoms with E-state index in [1.807, 2.05) is 30.3 Å². The van der Waals surface area contributed by atoms with Crippen molar-refractivity contribution in [3.05, 3.63) is 30.3 Å². The molecular weight excluding hydrogens is 258 g/mol. The highest BCUT2D eigenvalue weighted by atomic mass is 16.3. The SMILES string of the molecule is CC(O)CNC(=O)NC1CC(=O)N(c2ccccc2)C1. The third-order valence-corrected chi connectivity index (χ3v) is 3.09. The van der Waals surface area contributed by atoms with E-state index >= 15 is 0 Å². The zero-order valence-electron chi connectivity index (χ0n) is 11.4. The Morgan fingerprint density at radius 2 is 2.15 bits per heavy atom. The van der Waals surface area contributed by atoms with Crippen LogP contribution in [0.5, 0.6) is 0 Å². The van der Waals surface area contributed by atoms with Gasteiger partial charge in [0, 0.05) is 25.2 Å². The molecule has 3 N–H and O–H groups in total. The molecule has 1 aliphatic rings. The molecule has 0 radical (unpaired) electrons. The molecule has 6 heteroatoms. The third kappa shape index (κ3) is 3.71. The predicted molar refractivity (Wildman–Crippen MR) is 75.4 cm³/mol. The molecule has 0 bridgehead atoms. The van der Waals surface area contributed by atoms with Gasteiger partial charge in [-0.2, -0.15) is 0 Å². The number of benzene rings is 1. The maximum absolute atomic E-state index is 11.9. The summed E-state index contributed by atoms with van der Waals surface area (Å²) in [4.78, 5) is 25.2. The van der Waals surface area contributed by atoms with Crippen molar-refractivity contribution >= 4 is 17.6 Å². The van der Waals surface area contributed by atoms with Crippen LogP contribution in [-0.4, -0.2) is 42.3 Å². The second kappa shape index (κ2) is 6.38. The molecule has 1 saturated heterocycles. The number of carbonyl (C=O) groups is 2. The van der Waals surface area contributed by atoms with Crippen LogP contribution in [0.15, 0.2) is 30.3 Å². The fourth-order valence-corrected chi connectivity index (χ4v) is 2.14. The molecule has 0 saturated carbocycles. The number of nitrogens with one attached hydrogen (secondary N) is 2. The first kappa shape index (κ1) is 14.3. The Labute approximate surface area is 117 Å². The van der Waals surface area contributed by atoms with Crippen LogP contribution in [0.25, 0.3) is 0 Å². The van der Waals surface area contributed by atoms with Gasteiger partial charge < -0.3 is 20.6 Å². The highest BCUT2D eigenvalue weighted by Gasteiger charge is 2.31. The molecule has 3 amide bonds. The van der Waals surface area contributed by atoms with E-state index in [4.69, 9.17) is 5.11 Å². The Bertz CT molecular complexity index is 476. The number of para-hydroxylation sites is 1. The lowest BCUT2D eigenvalue weighted by Gasteiger charge is -2.17. The first-order chi connectivity index (χ1) is 9.56. The van der Waals surface area contributed by atoms with E-state index in [0.717, 1.165) is 5.69 Å². The summed E-state index contributed by atoms with van der Waals surface area (Å²) in [5.74, 6) is -0.00275. The number of aliphatic hydroxyl groups excluding tert-OH is 1. The molecule has 6 nitrogen and oxygen atoms in total. The number of amides is 3. The number of aliphatic hydroxyl groups is 1. The minimum absolute atomic E-state index is 0.00275. The van der Waals surface area contributed by atoms with Crippen LogP contribution in [0.2, 0.25) is 0 Å². The Balaban J connectivity index is 1.88. The molecule has 20 heavy (non-hydrogen) atoms. The normalized spacial score (nSPS) is 19.8. The molecule has 2 unspecified atom stereocenters. The zero-order valence-corrected chi connectivity index (χ0v) is 11.4. The summed E-state index contributed by atoms with van der Waals surface area (Å²) in [6.45, 7) is 2.25. The number of hydrogen-bond acceptors (Lipinski definition) is 3. The van der Waals surface area contributed by atoms with Crippen molar-refractivity contribution in [2.45, 2.75) is 25.5 Å². The monoisotopic (exact) mass is 277 g/mol. The van der Waals surface area contributed by atoms with Gasteiger partial charge in [-0.1, -0.05) is 18.2 Å². The predicted octanol–water partition coefficient (Wildman–Crippen LogP) is 0.472. The quantitative estimate of drug-likeness (QED) is 0.748. The van der Waals surface area contributed by atoms with Crippen LogP contribution < -0.4 is 15.5 Å². The van der Waals surface area contributed by atoms with Gasteiger partial charge in [0.1, 0.15) is 0 Å². The summed E-state index contributed by atoms with van der Waals surface area (Å²) in [5.41, 5.74) is 0.839. The van der Waals surface area contributed by atoms with Crippen molar-refractivity contribution in [1.29, 1.82) is 0 Å². The molecule has 0 aliphatic carbocycles. The van der Waals surface area contributed by atoms with Crippen LogP contribution in [-0.2, 0) is 4.79 Å². The maximum atomic E-state index is 11.9. The first-order valence-electron chi connectivity index (χ1n) is 6.64. The minimum atomic E-state index is -0.591. The molecule has 1 heterocycles. The molecule has 1 fully saturated rings. The van der Waals surface area contributed by atoms with Gasteiger partial charge in [0.05, 0.1) is 12.1 Å². The van der Waals surface area contributed by atoms with E-state index in [2.05, 4.69) is 10.6 Å². The second-order valence-corrected chi connectivity index (χ2v) is 4.94. The molecule has 2 rings (SSSR count). The number of nitrogens with zero attached hydrogens (tertiary/aromatic N) is 1. The average Bonchev–Trinajstić information content (AvgIpc) is 2.78. The Hall–Kier alpha value is -2.08. The van der Waals surface area contributed by atoms with E-state index in [1.165, 1.54) is 0 Å². The summed E-state index contributed by atoms with van der Waals surface area (Å²) in [6.07, 6.45) is -0.302. The van der Waals surface area contributed by atoms with Gasteiger partial charge in [-0.05, 0) is 19.1 Å². The fraction of sp³-hybridized carbons (Fsp3) is 0.429. The van der Waals surface area contributed by atoms with E-state index in [-0.39, 0.29) is 30.9 Å². The summed E-state index contributed by atoms with van der Waals surface area (Å²) in [5, 5.41) is 14.4. The lowest BCUT2D eigenvalue weighted by molar-refractivity contribution is -0.117. The number of urea groups is 1. The van der Waals surface area contributed by atoms with Crippen LogP contribution in [0.4, 0.5) is 10.5 Å². The third-order valence-electron chi connectivity index (χ3n) is 3.09. The molecular formula is C14H19N3O3. The summed E-state index contributed by atoms with van der Waals surface area (Å²) in [7, 11) is 0. The molecule has 108 valence electrons. The zero-order chi connectivity index (χ0) is 14.5. The molecule has 1 aromatic carbocycles. The van der Waals surface area contributed by atoms with Gasteiger partial charge in [-0.25, -0.2) is 4.79 Å². The Morgan fingerprint density at radius 1 is 1.45 bits per heavy atom. The van der Waals surface area contributed by atoms with Gasteiger partial charge in [0.15, 0.2) is 0 Å². The molecule has 1 aromatic rings. The smallest absolute Gasteiger partial charge is 0.315 e. The first-order valence-corrected chi connectivity index (χ1v) is 6.64. The van der Waals surface area contributed by atoms with Gasteiger partial charge >= 0.3 is 6.03 Å². The van der Waals surface area contributed by atoms with E-state index in [0.29, 0.717) is 6.54 Å². The van der Waals surface area contributed by atoms with Gasteiger partial charge in [0.2, 0.25) is 5.91 Å². The minimum Gasteiger partial charge on any atom is -0.392 e. The number of hydrogen-bond donors (Lipinski definition) is 3. The van der Waals surface area contributed by atoms with E-state index in [9.17, 15) is 9.59 Å². The lowest BCUT2D eigenvalue weighted by atomic mass is 10.2. The van der Waals surface area contributed by atoms with Crippen molar-refractivity contribution in [3.8, 4) is 0 Å². The second-order valence-electron chi connectivity index (χ2n) is 4.94. The molecule has 0 aromatic heterocycles. The van der Waals surface area contributed by atoms with Crippen LogP contribution in [0.3, 0.4) is 0 Å². The van der Waals surface area contributed by atoms with E-state index < -0.39 is 6.10 Å². The summed E-state index contributed by atoms with van der Waals surface area (Å²) >= 11 is 0. The van der Waals surface area contributed by atoms with Gasteiger partial charge in [-0.3, -0.25) is 4.79 Å². The standard InChI is InChI=1S/C14H19N3O3/c1-10(18)8-15-14(20)16-11-7-13(19)17(9-11)12-5-3-2-4-6-12/h2-6,10-11,18H,7-9H2,1H3,(H2,15,16,20). The Morgan fingerprint density at radius 3 is 2.80 bits per heavy atom. The van der Waals surface area contributed by atoms with Gasteiger partial charge in [-0.15, -0.1) is 0 Å². The highest BCUT2D eigenvalue weighted by molar-refractivity contribution is 5.96. The van der Waals surface area contributed by atoms with E-state index in [1.54, 1.807) is 11.8 Å². The number of carbonyl (C=O) groups excluding carboxylic acids is 2. The van der Waals surface area contributed by atoms with Crippen molar-refractivity contribution < 1.29 is 14.7 Å². The van der Waals surface area contributed by atoms with Crippen LogP contribution in [0.1, 0.15) is 13.3 Å². The van der Waals surface area contributed by atoms with Crippen LogP contribution >= 0.6 is 0 Å². The lowest BCUT2D eigenvalue weighted by Crippen LogP contribution is -2.45. The maximum Gasteiger partial charge on any atom is 0.315 e. The van der Waals surface area contributed by atoms with Gasteiger partial charge in [0.25, 0.3) is 0 Å². The largest absolute Gasteiger partial charge is 0.392 e. The summed E-state index contributed by atoms with van der Waals surface area (Å²) < 4.78 is 0. The Kier molecular flexibility index (Phi) is 4.57. The topological polar surface area (TPSA) is 81.7 Å². The highest BCUT2D eigenvalue weighted by Crippen LogP contribution is 2.20. The molecule has 2 atom stereocenters. The summed E-state index contributed by atoms with van der Waals surface area (Å²) in [6, 6.07) is 8.80. The molecule has 0 spiro atoms. The van der Waals surface area contributed by atoms with Crippen molar-refractivity contribution in [1.82, 2.24) is 10.6 Å². The number of anilines is 1. The fourth-order valence-electron chi connectivity index (χ4n) is 2.14. The van der Waals surface area contributed by atoms with Crippen LogP contribution in [0, 0.1) is 0 Å². The number of rotatable bonds is 4.